The number of carbonyl (C=O) groups is 1. The fourth-order valence-electron chi connectivity index (χ4n) is 6.55. The van der Waals surface area contributed by atoms with Crippen molar-refractivity contribution in [3.05, 3.63) is 149 Å². The zero-order valence-corrected chi connectivity index (χ0v) is 23.8. The molecule has 0 saturated heterocycles. The number of carbonyl (C=O) groups excluding carboxylic acids is 1. The van der Waals surface area contributed by atoms with Crippen molar-refractivity contribution >= 4 is 18.1 Å². The first-order valence-corrected chi connectivity index (χ1v) is 14.7. The lowest BCUT2D eigenvalue weighted by atomic mass is 9.77. The van der Waals surface area contributed by atoms with Crippen LogP contribution < -0.4 is 10.7 Å². The molecule has 204 valence electrons. The highest BCUT2D eigenvalue weighted by molar-refractivity contribution is 6.22. The summed E-state index contributed by atoms with van der Waals surface area (Å²) >= 11 is 0. The van der Waals surface area contributed by atoms with Gasteiger partial charge in [0.05, 0.1) is 16.3 Å². The van der Waals surface area contributed by atoms with Crippen LogP contribution in [0.5, 0.6) is 0 Å². The molecule has 0 saturated carbocycles. The molecule has 3 heteroatoms. The number of allylic oxidation sites excluding steroid dienone is 2. The third kappa shape index (κ3) is 3.97. The predicted octanol–water partition coefficient (Wildman–Crippen LogP) is 8.13. The smallest absolute Gasteiger partial charge is 0.265 e. The Morgan fingerprint density at radius 2 is 0.953 bits per heavy atom. The van der Waals surface area contributed by atoms with E-state index in [0.29, 0.717) is 11.4 Å². The van der Waals surface area contributed by atoms with Gasteiger partial charge in [-0.3, -0.25) is 9.36 Å². The van der Waals surface area contributed by atoms with Gasteiger partial charge in [0.1, 0.15) is 5.82 Å². The Labute approximate surface area is 250 Å². The van der Waals surface area contributed by atoms with E-state index in [-0.39, 0.29) is 5.91 Å². The van der Waals surface area contributed by atoms with Crippen molar-refractivity contribution in [1.29, 1.82) is 0 Å². The van der Waals surface area contributed by atoms with Crippen LogP contribution in [0, 0.1) is 0 Å². The van der Waals surface area contributed by atoms with Crippen LogP contribution in [0.2, 0.25) is 0 Å². The Morgan fingerprint density at radius 1 is 0.535 bits per heavy atom. The summed E-state index contributed by atoms with van der Waals surface area (Å²) in [6.07, 6.45) is 7.10. The van der Waals surface area contributed by atoms with Crippen molar-refractivity contribution in [2.75, 3.05) is 0 Å². The molecular formula is C40H28N2O. The van der Waals surface area contributed by atoms with E-state index in [1.165, 1.54) is 5.57 Å². The van der Waals surface area contributed by atoms with Gasteiger partial charge in [-0.15, -0.1) is 0 Å². The van der Waals surface area contributed by atoms with Crippen LogP contribution in [0.15, 0.2) is 133 Å². The average molecular weight is 553 g/mol. The molecule has 1 aliphatic heterocycles. The molecule has 1 aromatic heterocycles. The molecule has 0 atom stereocenters. The van der Waals surface area contributed by atoms with Gasteiger partial charge in [0.2, 0.25) is 0 Å². The van der Waals surface area contributed by atoms with Crippen LogP contribution in [0.25, 0.3) is 68.0 Å². The second kappa shape index (κ2) is 10.1. The van der Waals surface area contributed by atoms with Crippen molar-refractivity contribution in [3.63, 3.8) is 0 Å². The Balaban J connectivity index is 1.64. The lowest BCUT2D eigenvalue weighted by Gasteiger charge is -2.24. The van der Waals surface area contributed by atoms with Crippen molar-refractivity contribution < 1.29 is 4.79 Å². The van der Waals surface area contributed by atoms with Crippen molar-refractivity contribution in [3.8, 4) is 55.9 Å². The van der Waals surface area contributed by atoms with Gasteiger partial charge < -0.3 is 0 Å². The fraction of sp³-hybridized carbons (Fsp3) is 0.0500. The van der Waals surface area contributed by atoms with Gasteiger partial charge >= 0.3 is 0 Å². The summed E-state index contributed by atoms with van der Waals surface area (Å²) in [6.45, 7) is 2.11. The van der Waals surface area contributed by atoms with Crippen LogP contribution in [0.3, 0.4) is 0 Å². The molecular weight excluding hydrogens is 524 g/mol. The molecule has 1 aliphatic carbocycles. The summed E-state index contributed by atoms with van der Waals surface area (Å²) in [6, 6.07) is 41.8. The first kappa shape index (κ1) is 25.2. The lowest BCUT2D eigenvalue weighted by Crippen LogP contribution is -2.32. The van der Waals surface area contributed by atoms with Gasteiger partial charge in [-0.05, 0) is 52.8 Å². The maximum Gasteiger partial charge on any atom is 0.265 e. The molecule has 0 radical (unpaired) electrons. The lowest BCUT2D eigenvalue weighted by molar-refractivity contribution is 0.0967. The highest BCUT2D eigenvalue weighted by Crippen LogP contribution is 2.54. The molecule has 0 bridgehead atoms. The summed E-state index contributed by atoms with van der Waals surface area (Å²) in [4.78, 5) is 20.1. The molecule has 0 N–H and O–H groups in total. The standard InChI is InChI=1S/C40H28N2O/c1-26-22-24-31-32(25-23-26)42-39(41-31)37-35(29-18-10-4-11-19-29)33(27-14-6-2-7-15-27)34(28-16-8-3-9-17-28)36(38(37)40(42)43)30-20-12-5-13-21-30/h2-21,23-25H,22H2,1H3. The Hall–Kier alpha value is -5.54. The summed E-state index contributed by atoms with van der Waals surface area (Å²) in [5.41, 5.74) is 11.2. The topological polar surface area (TPSA) is 34.9 Å². The number of nitrogens with zero attached hydrogens (tertiary/aromatic N) is 2. The van der Waals surface area contributed by atoms with E-state index in [0.717, 1.165) is 67.2 Å². The van der Waals surface area contributed by atoms with E-state index in [1.807, 2.05) is 41.0 Å². The van der Waals surface area contributed by atoms with Crippen LogP contribution in [0.4, 0.5) is 0 Å². The summed E-state index contributed by atoms with van der Waals surface area (Å²) < 4.78 is 1.84. The fourth-order valence-corrected chi connectivity index (χ4v) is 6.55. The maximum absolute atomic E-state index is 14.9. The van der Waals surface area contributed by atoms with Gasteiger partial charge in [0.15, 0.2) is 0 Å². The Morgan fingerprint density at radius 3 is 1.42 bits per heavy atom. The number of imidazole rings is 1. The predicted molar refractivity (Wildman–Crippen MR) is 176 cm³/mol. The van der Waals surface area contributed by atoms with Gasteiger partial charge in [0.25, 0.3) is 5.91 Å². The van der Waals surface area contributed by atoms with Crippen LogP contribution >= 0.6 is 0 Å². The third-order valence-electron chi connectivity index (χ3n) is 8.48. The van der Waals surface area contributed by atoms with E-state index >= 15 is 0 Å². The summed E-state index contributed by atoms with van der Waals surface area (Å²) in [5, 5.41) is 1.70. The van der Waals surface area contributed by atoms with Gasteiger partial charge in [0, 0.05) is 16.7 Å². The van der Waals surface area contributed by atoms with Crippen LogP contribution in [-0.2, 0) is 0 Å². The first-order chi connectivity index (χ1) is 21.2. The summed E-state index contributed by atoms with van der Waals surface area (Å²) in [7, 11) is 0. The molecule has 2 heterocycles. The highest BCUT2D eigenvalue weighted by atomic mass is 16.2. The quantitative estimate of drug-likeness (QED) is 0.221. The van der Waals surface area contributed by atoms with Crippen LogP contribution in [-0.4, -0.2) is 15.5 Å². The molecule has 8 rings (SSSR count). The zero-order chi connectivity index (χ0) is 28.9. The van der Waals surface area contributed by atoms with Crippen LogP contribution in [0.1, 0.15) is 23.7 Å². The minimum atomic E-state index is -0.0378. The second-order valence-electron chi connectivity index (χ2n) is 11.1. The number of rotatable bonds is 4. The SMILES string of the molecule is CC1=CC=c2c(nc3n2C(=O)c2c(-c4ccccc4)c(-c4ccccc4)c(-c4ccccc4)c(-c4ccccc4)c2-3)=CC1. The normalized spacial score (nSPS) is 13.2. The molecule has 0 unspecified atom stereocenters. The minimum Gasteiger partial charge on any atom is -0.268 e. The number of benzene rings is 5. The van der Waals surface area contributed by atoms with Crippen molar-refractivity contribution in [2.45, 2.75) is 13.3 Å². The molecule has 5 aromatic carbocycles. The monoisotopic (exact) mass is 552 g/mol. The molecule has 2 aliphatic rings. The molecule has 6 aromatic rings. The molecule has 0 spiro atoms. The molecule has 0 amide bonds. The van der Waals surface area contributed by atoms with E-state index in [1.54, 1.807) is 0 Å². The number of aromatic nitrogens is 2. The van der Waals surface area contributed by atoms with E-state index in [4.69, 9.17) is 4.98 Å². The molecule has 0 fully saturated rings. The van der Waals surface area contributed by atoms with E-state index in [9.17, 15) is 4.79 Å². The minimum absolute atomic E-state index is 0.0378. The number of hydrogen-bond donors (Lipinski definition) is 0. The Kier molecular flexibility index (Phi) is 5.90. The largest absolute Gasteiger partial charge is 0.268 e. The van der Waals surface area contributed by atoms with Gasteiger partial charge in [-0.2, -0.15) is 0 Å². The Bertz CT molecular complexity index is 2190. The van der Waals surface area contributed by atoms with Gasteiger partial charge in [-0.25, -0.2) is 4.98 Å². The second-order valence-corrected chi connectivity index (χ2v) is 11.1. The highest BCUT2D eigenvalue weighted by Gasteiger charge is 2.39. The zero-order valence-electron chi connectivity index (χ0n) is 23.8. The summed E-state index contributed by atoms with van der Waals surface area (Å²) in [5.74, 6) is 0.669. The van der Waals surface area contributed by atoms with Crippen molar-refractivity contribution in [1.82, 2.24) is 9.55 Å². The van der Waals surface area contributed by atoms with Gasteiger partial charge in [-0.1, -0.05) is 139 Å². The maximum atomic E-state index is 14.9. The number of hydrogen-bond acceptors (Lipinski definition) is 2. The van der Waals surface area contributed by atoms with E-state index < -0.39 is 0 Å². The first-order valence-electron chi connectivity index (χ1n) is 14.7. The number of fused-ring (bicyclic) bond motifs is 5. The third-order valence-corrected chi connectivity index (χ3v) is 8.48. The molecule has 3 nitrogen and oxygen atoms in total. The van der Waals surface area contributed by atoms with Crippen molar-refractivity contribution in [2.24, 2.45) is 0 Å². The molecule has 43 heavy (non-hydrogen) atoms. The average Bonchev–Trinajstić information content (AvgIpc) is 3.50. The van der Waals surface area contributed by atoms with E-state index in [2.05, 4.69) is 110 Å².